The van der Waals surface area contributed by atoms with Crippen molar-refractivity contribution in [3.63, 3.8) is 0 Å². The number of benzene rings is 2. The van der Waals surface area contributed by atoms with Gasteiger partial charge in [-0.25, -0.2) is 4.68 Å². The highest BCUT2D eigenvalue weighted by atomic mass is 16.1. The first-order chi connectivity index (χ1) is 11.7. The summed E-state index contributed by atoms with van der Waals surface area (Å²) in [5, 5.41) is 21.7. The van der Waals surface area contributed by atoms with Crippen LogP contribution in [0.3, 0.4) is 0 Å². The molecule has 118 valence electrons. The lowest BCUT2D eigenvalue weighted by molar-refractivity contribution is 0.102. The zero-order valence-electron chi connectivity index (χ0n) is 12.8. The summed E-state index contributed by atoms with van der Waals surface area (Å²) >= 11 is 0. The third-order valence-corrected chi connectivity index (χ3v) is 3.66. The van der Waals surface area contributed by atoms with E-state index in [1.807, 2.05) is 37.3 Å². The molecule has 0 fully saturated rings. The topological polar surface area (TPSA) is 101 Å². The molecule has 0 aliphatic rings. The smallest absolute Gasteiger partial charge is 0.257 e. The van der Waals surface area contributed by atoms with E-state index in [1.165, 1.54) is 11.0 Å². The van der Waals surface area contributed by atoms with Crippen molar-refractivity contribution in [2.45, 2.75) is 6.92 Å². The number of aryl methyl sites for hydroxylation is 1. The average molecular weight is 319 g/mol. The molecule has 0 atom stereocenters. The lowest BCUT2D eigenvalue weighted by Crippen LogP contribution is -2.13. The molecule has 2 aromatic carbocycles. The standard InChI is InChI=1S/C16H13N7O/c1-10-5-11-8-17-20-15(11)14(6-10)16(24)19-12-3-2-4-13(7-12)23-9-18-21-22-23/h2-9H,1H3,(H,17,20)(H,19,24). The molecule has 8 nitrogen and oxygen atoms in total. The summed E-state index contributed by atoms with van der Waals surface area (Å²) in [6.45, 7) is 1.95. The Bertz CT molecular complexity index is 1020. The van der Waals surface area contributed by atoms with Crippen LogP contribution >= 0.6 is 0 Å². The summed E-state index contributed by atoms with van der Waals surface area (Å²) in [7, 11) is 0. The van der Waals surface area contributed by atoms with Crippen molar-refractivity contribution >= 4 is 22.5 Å². The van der Waals surface area contributed by atoms with E-state index in [4.69, 9.17) is 0 Å². The maximum Gasteiger partial charge on any atom is 0.257 e. The molecule has 0 aliphatic carbocycles. The van der Waals surface area contributed by atoms with Crippen molar-refractivity contribution in [3.05, 3.63) is 60.0 Å². The highest BCUT2D eigenvalue weighted by Crippen LogP contribution is 2.21. The molecule has 0 spiro atoms. The van der Waals surface area contributed by atoms with E-state index in [2.05, 4.69) is 31.0 Å². The van der Waals surface area contributed by atoms with Gasteiger partial charge in [-0.3, -0.25) is 9.89 Å². The third-order valence-electron chi connectivity index (χ3n) is 3.66. The Morgan fingerprint density at radius 3 is 3.00 bits per heavy atom. The van der Waals surface area contributed by atoms with Gasteiger partial charge in [0.05, 0.1) is 23.0 Å². The largest absolute Gasteiger partial charge is 0.322 e. The Morgan fingerprint density at radius 1 is 1.25 bits per heavy atom. The number of hydrogen-bond acceptors (Lipinski definition) is 5. The Labute approximate surface area is 136 Å². The first-order valence-corrected chi connectivity index (χ1v) is 7.29. The molecule has 2 heterocycles. The molecule has 0 bridgehead atoms. The van der Waals surface area contributed by atoms with E-state index in [0.29, 0.717) is 11.3 Å². The molecule has 2 N–H and O–H groups in total. The minimum atomic E-state index is -0.207. The average Bonchev–Trinajstić information content (AvgIpc) is 3.25. The minimum absolute atomic E-state index is 0.207. The van der Waals surface area contributed by atoms with Crippen LogP contribution in [0.4, 0.5) is 5.69 Å². The van der Waals surface area contributed by atoms with Crippen LogP contribution in [0.25, 0.3) is 16.6 Å². The van der Waals surface area contributed by atoms with Crippen molar-refractivity contribution in [3.8, 4) is 5.69 Å². The molecular weight excluding hydrogens is 306 g/mol. The van der Waals surface area contributed by atoms with Crippen molar-refractivity contribution < 1.29 is 4.79 Å². The van der Waals surface area contributed by atoms with Crippen molar-refractivity contribution in [2.75, 3.05) is 5.32 Å². The molecular formula is C16H13N7O. The van der Waals surface area contributed by atoms with Crippen LogP contribution in [0, 0.1) is 6.92 Å². The number of hydrogen-bond donors (Lipinski definition) is 2. The second kappa shape index (κ2) is 5.58. The Hall–Kier alpha value is -3.55. The fourth-order valence-corrected chi connectivity index (χ4v) is 2.59. The summed E-state index contributed by atoms with van der Waals surface area (Å²) in [6, 6.07) is 11.1. The van der Waals surface area contributed by atoms with E-state index >= 15 is 0 Å². The number of aromatic nitrogens is 6. The van der Waals surface area contributed by atoms with Gasteiger partial charge in [0, 0.05) is 11.1 Å². The monoisotopic (exact) mass is 319 g/mol. The predicted octanol–water partition coefficient (Wildman–Crippen LogP) is 2.10. The number of aromatic amines is 1. The van der Waals surface area contributed by atoms with Crippen LogP contribution < -0.4 is 5.32 Å². The molecule has 4 rings (SSSR count). The lowest BCUT2D eigenvalue weighted by Gasteiger charge is -2.08. The number of rotatable bonds is 3. The number of nitrogens with one attached hydrogen (secondary N) is 2. The van der Waals surface area contributed by atoms with Crippen molar-refractivity contribution in [2.24, 2.45) is 0 Å². The molecule has 0 aliphatic heterocycles. The summed E-state index contributed by atoms with van der Waals surface area (Å²) in [5.41, 5.74) is 3.68. The van der Waals surface area contributed by atoms with Gasteiger partial charge in [-0.15, -0.1) is 5.10 Å². The van der Waals surface area contributed by atoms with Crippen LogP contribution in [0.1, 0.15) is 15.9 Å². The summed E-state index contributed by atoms with van der Waals surface area (Å²) in [6.07, 6.45) is 3.20. The van der Waals surface area contributed by atoms with E-state index in [0.717, 1.165) is 22.2 Å². The zero-order chi connectivity index (χ0) is 16.5. The van der Waals surface area contributed by atoms with Crippen molar-refractivity contribution in [1.29, 1.82) is 0 Å². The first-order valence-electron chi connectivity index (χ1n) is 7.29. The number of tetrazole rings is 1. The highest BCUT2D eigenvalue weighted by molar-refractivity contribution is 6.12. The SMILES string of the molecule is Cc1cc(C(=O)Nc2cccc(-n3cnnn3)c2)c2[nH]ncc2c1. The second-order valence-electron chi connectivity index (χ2n) is 5.41. The lowest BCUT2D eigenvalue weighted by atomic mass is 10.1. The van der Waals surface area contributed by atoms with Crippen LogP contribution in [0.15, 0.2) is 48.9 Å². The van der Waals surface area contributed by atoms with Gasteiger partial charge in [-0.1, -0.05) is 6.07 Å². The molecule has 0 saturated heterocycles. The molecule has 0 unspecified atom stereocenters. The van der Waals surface area contributed by atoms with Crippen LogP contribution in [-0.4, -0.2) is 36.3 Å². The van der Waals surface area contributed by atoms with Gasteiger partial charge < -0.3 is 5.32 Å². The van der Waals surface area contributed by atoms with Gasteiger partial charge in [-0.05, 0) is 53.2 Å². The van der Waals surface area contributed by atoms with Crippen LogP contribution in [0.2, 0.25) is 0 Å². The Balaban J connectivity index is 1.66. The van der Waals surface area contributed by atoms with Gasteiger partial charge in [0.1, 0.15) is 6.33 Å². The summed E-state index contributed by atoms with van der Waals surface area (Å²) < 4.78 is 1.52. The third kappa shape index (κ3) is 2.50. The molecule has 4 aromatic rings. The highest BCUT2D eigenvalue weighted by Gasteiger charge is 2.13. The number of fused-ring (bicyclic) bond motifs is 1. The maximum absolute atomic E-state index is 12.7. The van der Waals surface area contributed by atoms with Gasteiger partial charge in [0.2, 0.25) is 0 Å². The van der Waals surface area contributed by atoms with Gasteiger partial charge >= 0.3 is 0 Å². The quantitative estimate of drug-likeness (QED) is 0.602. The van der Waals surface area contributed by atoms with Gasteiger partial charge in [0.25, 0.3) is 5.91 Å². The van der Waals surface area contributed by atoms with Crippen molar-refractivity contribution in [1.82, 2.24) is 30.4 Å². The summed E-state index contributed by atoms with van der Waals surface area (Å²) in [4.78, 5) is 12.7. The number of carbonyl (C=O) groups excluding carboxylic acids is 1. The first kappa shape index (κ1) is 14.1. The molecule has 1 amide bonds. The van der Waals surface area contributed by atoms with E-state index in [-0.39, 0.29) is 5.91 Å². The number of anilines is 1. The normalized spacial score (nSPS) is 10.9. The molecule has 2 aromatic heterocycles. The molecule has 24 heavy (non-hydrogen) atoms. The molecule has 0 radical (unpaired) electrons. The second-order valence-corrected chi connectivity index (χ2v) is 5.41. The van der Waals surface area contributed by atoms with Gasteiger partial charge in [-0.2, -0.15) is 5.10 Å². The van der Waals surface area contributed by atoms with E-state index in [1.54, 1.807) is 12.3 Å². The predicted molar refractivity (Wildman–Crippen MR) is 87.9 cm³/mol. The Kier molecular flexibility index (Phi) is 3.27. The van der Waals surface area contributed by atoms with E-state index in [9.17, 15) is 4.79 Å². The molecule has 8 heteroatoms. The fourth-order valence-electron chi connectivity index (χ4n) is 2.59. The fraction of sp³-hybridized carbons (Fsp3) is 0.0625. The van der Waals surface area contributed by atoms with Crippen LogP contribution in [0.5, 0.6) is 0 Å². The number of H-pyrrole nitrogens is 1. The zero-order valence-corrected chi connectivity index (χ0v) is 12.8. The number of carbonyl (C=O) groups is 1. The summed E-state index contributed by atoms with van der Waals surface area (Å²) in [5.74, 6) is -0.207. The van der Waals surface area contributed by atoms with E-state index < -0.39 is 0 Å². The van der Waals surface area contributed by atoms with Crippen LogP contribution in [-0.2, 0) is 0 Å². The minimum Gasteiger partial charge on any atom is -0.322 e. The number of nitrogens with zero attached hydrogens (tertiary/aromatic N) is 5. The Morgan fingerprint density at radius 2 is 2.17 bits per heavy atom. The number of amides is 1. The molecule has 0 saturated carbocycles. The van der Waals surface area contributed by atoms with Gasteiger partial charge in [0.15, 0.2) is 0 Å². The maximum atomic E-state index is 12.7.